The van der Waals surface area contributed by atoms with Crippen molar-refractivity contribution in [2.75, 3.05) is 11.9 Å². The first kappa shape index (κ1) is 15.7. The van der Waals surface area contributed by atoms with Crippen LogP contribution in [-0.2, 0) is 11.8 Å². The lowest BCUT2D eigenvalue weighted by Crippen LogP contribution is -2.20. The van der Waals surface area contributed by atoms with E-state index in [1.165, 1.54) is 0 Å². The average molecular weight is 322 g/mol. The van der Waals surface area contributed by atoms with Crippen molar-refractivity contribution < 1.29 is 9.53 Å². The summed E-state index contributed by atoms with van der Waals surface area (Å²) in [6.45, 7) is 1.87. The summed E-state index contributed by atoms with van der Waals surface area (Å²) >= 11 is 0. The standard InChI is InChI=1S/C18H18N4O2/c1-13-3-8-17(19-9-13)21-18(23)12-24-16-6-4-14(5-7-16)15-10-20-22(2)11-15/h3-11H,12H2,1-2H3,(H,19,21,23). The molecule has 0 radical (unpaired) electrons. The van der Waals surface area contributed by atoms with Crippen LogP contribution in [0.5, 0.6) is 5.75 Å². The molecular formula is C18H18N4O2. The van der Waals surface area contributed by atoms with E-state index in [0.29, 0.717) is 11.6 Å². The fourth-order valence-electron chi connectivity index (χ4n) is 2.18. The Bertz CT molecular complexity index is 823. The average Bonchev–Trinajstić information content (AvgIpc) is 3.02. The van der Waals surface area contributed by atoms with Crippen LogP contribution < -0.4 is 10.1 Å². The maximum Gasteiger partial charge on any atom is 0.263 e. The van der Waals surface area contributed by atoms with Gasteiger partial charge >= 0.3 is 0 Å². The number of hydrogen-bond donors (Lipinski definition) is 1. The zero-order valence-corrected chi connectivity index (χ0v) is 13.6. The summed E-state index contributed by atoms with van der Waals surface area (Å²) < 4.78 is 7.25. The fourth-order valence-corrected chi connectivity index (χ4v) is 2.18. The minimum Gasteiger partial charge on any atom is -0.484 e. The Morgan fingerprint density at radius 3 is 2.54 bits per heavy atom. The Labute approximate surface area is 140 Å². The van der Waals surface area contributed by atoms with Gasteiger partial charge in [0.2, 0.25) is 0 Å². The number of hydrogen-bond acceptors (Lipinski definition) is 4. The first-order chi connectivity index (χ1) is 11.6. The highest BCUT2D eigenvalue weighted by molar-refractivity contribution is 5.90. The van der Waals surface area contributed by atoms with Gasteiger partial charge in [-0.2, -0.15) is 5.10 Å². The number of nitrogens with zero attached hydrogens (tertiary/aromatic N) is 3. The molecule has 2 heterocycles. The van der Waals surface area contributed by atoms with Crippen LogP contribution in [0.15, 0.2) is 55.0 Å². The van der Waals surface area contributed by atoms with Crippen molar-refractivity contribution >= 4 is 11.7 Å². The zero-order chi connectivity index (χ0) is 16.9. The second kappa shape index (κ2) is 6.95. The van der Waals surface area contributed by atoms with E-state index < -0.39 is 0 Å². The molecule has 0 atom stereocenters. The molecule has 0 bridgehead atoms. The van der Waals surface area contributed by atoms with E-state index >= 15 is 0 Å². The molecule has 0 aliphatic carbocycles. The minimum atomic E-state index is -0.248. The molecule has 1 N–H and O–H groups in total. The highest BCUT2D eigenvalue weighted by Crippen LogP contribution is 2.21. The molecule has 0 saturated heterocycles. The summed E-state index contributed by atoms with van der Waals surface area (Å²) in [4.78, 5) is 16.0. The third-order valence-electron chi connectivity index (χ3n) is 3.44. The predicted molar refractivity (Wildman–Crippen MR) is 91.7 cm³/mol. The van der Waals surface area contributed by atoms with Crippen LogP contribution in [-0.4, -0.2) is 27.3 Å². The van der Waals surface area contributed by atoms with Crippen LogP contribution in [0.25, 0.3) is 11.1 Å². The van der Waals surface area contributed by atoms with Crippen molar-refractivity contribution in [3.8, 4) is 16.9 Å². The first-order valence-electron chi connectivity index (χ1n) is 7.54. The molecule has 6 heteroatoms. The Hall–Kier alpha value is -3.15. The van der Waals surface area contributed by atoms with Crippen molar-refractivity contribution in [2.45, 2.75) is 6.92 Å². The van der Waals surface area contributed by atoms with Gasteiger partial charge in [0.05, 0.1) is 6.20 Å². The van der Waals surface area contributed by atoms with Crippen molar-refractivity contribution in [2.24, 2.45) is 7.05 Å². The smallest absolute Gasteiger partial charge is 0.263 e. The Kier molecular flexibility index (Phi) is 4.56. The molecule has 0 unspecified atom stereocenters. The lowest BCUT2D eigenvalue weighted by Gasteiger charge is -2.07. The van der Waals surface area contributed by atoms with Crippen LogP contribution in [0.4, 0.5) is 5.82 Å². The quantitative estimate of drug-likeness (QED) is 0.784. The van der Waals surface area contributed by atoms with Crippen molar-refractivity contribution in [1.29, 1.82) is 0 Å². The Morgan fingerprint density at radius 2 is 1.92 bits per heavy atom. The number of carbonyl (C=O) groups excluding carboxylic acids is 1. The minimum absolute atomic E-state index is 0.0677. The van der Waals surface area contributed by atoms with E-state index in [1.807, 2.05) is 50.5 Å². The Balaban J connectivity index is 1.54. The SMILES string of the molecule is Cc1ccc(NC(=O)COc2ccc(-c3cnn(C)c3)cc2)nc1. The fraction of sp³-hybridized carbons (Fsp3) is 0.167. The van der Waals surface area contributed by atoms with E-state index in [4.69, 9.17) is 4.74 Å². The number of amides is 1. The predicted octanol–water partition coefficient (Wildman–Crippen LogP) is 2.81. The van der Waals surface area contributed by atoms with Crippen LogP contribution in [0, 0.1) is 6.92 Å². The number of nitrogens with one attached hydrogen (secondary N) is 1. The summed E-state index contributed by atoms with van der Waals surface area (Å²) in [6.07, 6.45) is 5.45. The van der Waals surface area contributed by atoms with Crippen LogP contribution in [0.1, 0.15) is 5.56 Å². The molecule has 122 valence electrons. The molecule has 0 fully saturated rings. The lowest BCUT2D eigenvalue weighted by atomic mass is 10.1. The second-order valence-corrected chi connectivity index (χ2v) is 5.48. The molecule has 1 aromatic carbocycles. The number of anilines is 1. The maximum absolute atomic E-state index is 11.9. The zero-order valence-electron chi connectivity index (χ0n) is 13.6. The Morgan fingerprint density at radius 1 is 1.12 bits per heavy atom. The third-order valence-corrected chi connectivity index (χ3v) is 3.44. The first-order valence-corrected chi connectivity index (χ1v) is 7.54. The maximum atomic E-state index is 11.9. The molecule has 0 aliphatic heterocycles. The lowest BCUT2D eigenvalue weighted by molar-refractivity contribution is -0.118. The van der Waals surface area contributed by atoms with Gasteiger partial charge in [-0.05, 0) is 36.2 Å². The molecule has 0 saturated carbocycles. The summed E-state index contributed by atoms with van der Waals surface area (Å²) in [7, 11) is 1.88. The van der Waals surface area contributed by atoms with Crippen LogP contribution >= 0.6 is 0 Å². The van der Waals surface area contributed by atoms with Gasteiger partial charge in [0.1, 0.15) is 11.6 Å². The molecule has 2 aromatic heterocycles. The summed E-state index contributed by atoms with van der Waals surface area (Å²) in [5.74, 6) is 0.901. The van der Waals surface area contributed by atoms with Crippen molar-refractivity contribution in [3.05, 3.63) is 60.6 Å². The van der Waals surface area contributed by atoms with Gasteiger partial charge in [0.25, 0.3) is 5.91 Å². The van der Waals surface area contributed by atoms with E-state index in [-0.39, 0.29) is 12.5 Å². The highest BCUT2D eigenvalue weighted by atomic mass is 16.5. The molecular weight excluding hydrogens is 304 g/mol. The number of pyridine rings is 1. The van der Waals surface area contributed by atoms with Crippen molar-refractivity contribution in [3.63, 3.8) is 0 Å². The van der Waals surface area contributed by atoms with E-state index in [0.717, 1.165) is 16.7 Å². The molecule has 1 amide bonds. The number of ether oxygens (including phenoxy) is 1. The van der Waals surface area contributed by atoms with Crippen LogP contribution in [0.3, 0.4) is 0 Å². The van der Waals surface area contributed by atoms with Gasteiger partial charge in [-0.15, -0.1) is 0 Å². The second-order valence-electron chi connectivity index (χ2n) is 5.48. The number of aromatic nitrogens is 3. The topological polar surface area (TPSA) is 69.0 Å². The van der Waals surface area contributed by atoms with Gasteiger partial charge in [-0.1, -0.05) is 18.2 Å². The number of aryl methyl sites for hydroxylation is 2. The normalized spacial score (nSPS) is 10.4. The largest absolute Gasteiger partial charge is 0.484 e. The van der Waals surface area contributed by atoms with Gasteiger partial charge < -0.3 is 10.1 Å². The van der Waals surface area contributed by atoms with Crippen LogP contribution in [0.2, 0.25) is 0 Å². The third kappa shape index (κ3) is 3.98. The van der Waals surface area contributed by atoms with Gasteiger partial charge in [-0.25, -0.2) is 4.98 Å². The molecule has 0 aliphatic rings. The van der Waals surface area contributed by atoms with E-state index in [2.05, 4.69) is 15.4 Å². The van der Waals surface area contributed by atoms with Gasteiger partial charge in [0, 0.05) is 25.0 Å². The van der Waals surface area contributed by atoms with E-state index in [9.17, 15) is 4.79 Å². The number of carbonyl (C=O) groups is 1. The molecule has 3 rings (SSSR count). The highest BCUT2D eigenvalue weighted by Gasteiger charge is 2.05. The molecule has 24 heavy (non-hydrogen) atoms. The molecule has 0 spiro atoms. The van der Waals surface area contributed by atoms with Gasteiger partial charge in [0.15, 0.2) is 6.61 Å². The monoisotopic (exact) mass is 322 g/mol. The number of benzene rings is 1. The summed E-state index contributed by atoms with van der Waals surface area (Å²) in [6, 6.07) is 11.2. The van der Waals surface area contributed by atoms with Gasteiger partial charge in [-0.3, -0.25) is 9.48 Å². The summed E-state index contributed by atoms with van der Waals surface area (Å²) in [5, 5.41) is 6.84. The molecule has 6 nitrogen and oxygen atoms in total. The number of rotatable bonds is 5. The summed E-state index contributed by atoms with van der Waals surface area (Å²) in [5.41, 5.74) is 3.12. The molecule has 3 aromatic rings. The van der Waals surface area contributed by atoms with E-state index in [1.54, 1.807) is 23.1 Å². The van der Waals surface area contributed by atoms with Crippen molar-refractivity contribution in [1.82, 2.24) is 14.8 Å².